The van der Waals surface area contributed by atoms with Gasteiger partial charge < -0.3 is 9.47 Å². The molecular formula is C51H36N2S. The lowest BCUT2D eigenvalue weighted by Gasteiger charge is -2.28. The first kappa shape index (κ1) is 31.1. The van der Waals surface area contributed by atoms with Crippen LogP contribution < -0.4 is 4.90 Å². The largest absolute Gasteiger partial charge is 0.310 e. The molecule has 11 rings (SSSR count). The molecule has 0 amide bonds. The zero-order valence-electron chi connectivity index (χ0n) is 30.1. The Morgan fingerprint density at radius 2 is 1.07 bits per heavy atom. The second-order valence-corrected chi connectivity index (χ2v) is 16.0. The van der Waals surface area contributed by atoms with Gasteiger partial charge in [0.05, 0.1) is 11.0 Å². The second-order valence-electron chi connectivity index (χ2n) is 15.0. The van der Waals surface area contributed by atoms with E-state index in [0.717, 1.165) is 22.7 Å². The minimum Gasteiger partial charge on any atom is -0.310 e. The van der Waals surface area contributed by atoms with E-state index < -0.39 is 0 Å². The van der Waals surface area contributed by atoms with Crippen molar-refractivity contribution in [2.45, 2.75) is 19.3 Å². The first-order valence-corrected chi connectivity index (χ1v) is 19.5. The molecule has 2 heterocycles. The fourth-order valence-electron chi connectivity index (χ4n) is 9.00. The van der Waals surface area contributed by atoms with Gasteiger partial charge in [-0.3, -0.25) is 0 Å². The van der Waals surface area contributed by atoms with Gasteiger partial charge in [-0.05, 0) is 100 Å². The average molecular weight is 709 g/mol. The highest BCUT2D eigenvalue weighted by Crippen LogP contribution is 2.51. The smallest absolute Gasteiger partial charge is 0.0542 e. The number of aromatic nitrogens is 1. The molecule has 0 saturated heterocycles. The van der Waals surface area contributed by atoms with Crippen LogP contribution in [0.15, 0.2) is 182 Å². The predicted octanol–water partition coefficient (Wildman–Crippen LogP) is 14.6. The molecule has 10 aromatic rings. The van der Waals surface area contributed by atoms with Crippen LogP contribution >= 0.6 is 11.3 Å². The topological polar surface area (TPSA) is 8.17 Å². The molecule has 0 saturated carbocycles. The number of hydrogen-bond donors (Lipinski definition) is 0. The molecule has 0 radical (unpaired) electrons. The first-order valence-electron chi connectivity index (χ1n) is 18.7. The fraction of sp³-hybridized carbons (Fsp3) is 0.0588. The zero-order valence-corrected chi connectivity index (χ0v) is 30.9. The van der Waals surface area contributed by atoms with Crippen LogP contribution in [0.3, 0.4) is 0 Å². The molecule has 3 heteroatoms. The number of para-hydroxylation sites is 2. The van der Waals surface area contributed by atoms with E-state index in [-0.39, 0.29) is 5.41 Å². The van der Waals surface area contributed by atoms with Crippen LogP contribution in [-0.2, 0) is 5.41 Å². The van der Waals surface area contributed by atoms with Crippen molar-refractivity contribution in [2.24, 2.45) is 0 Å². The van der Waals surface area contributed by atoms with Gasteiger partial charge in [0.1, 0.15) is 0 Å². The van der Waals surface area contributed by atoms with Gasteiger partial charge in [0.25, 0.3) is 0 Å². The Morgan fingerprint density at radius 3 is 1.94 bits per heavy atom. The number of fused-ring (bicyclic) bond motifs is 9. The van der Waals surface area contributed by atoms with E-state index in [1.165, 1.54) is 75.4 Å². The normalized spacial score (nSPS) is 13.1. The van der Waals surface area contributed by atoms with Crippen molar-refractivity contribution in [2.75, 3.05) is 4.90 Å². The average Bonchev–Trinajstić information content (AvgIpc) is 3.84. The van der Waals surface area contributed by atoms with Gasteiger partial charge in [-0.1, -0.05) is 129 Å². The van der Waals surface area contributed by atoms with Crippen LogP contribution in [-0.4, -0.2) is 4.57 Å². The molecule has 2 aromatic heterocycles. The molecule has 2 nitrogen and oxygen atoms in total. The minimum absolute atomic E-state index is 0.104. The van der Waals surface area contributed by atoms with Crippen LogP contribution in [0.5, 0.6) is 0 Å². The number of hydrogen-bond acceptors (Lipinski definition) is 2. The lowest BCUT2D eigenvalue weighted by atomic mass is 9.82. The maximum absolute atomic E-state index is 2.44. The van der Waals surface area contributed by atoms with Crippen LogP contribution in [0.2, 0.25) is 0 Å². The van der Waals surface area contributed by atoms with Crippen LogP contribution in [0, 0.1) is 0 Å². The maximum atomic E-state index is 2.44. The predicted molar refractivity (Wildman–Crippen MR) is 231 cm³/mol. The summed E-state index contributed by atoms with van der Waals surface area (Å²) >= 11 is 1.88. The molecule has 54 heavy (non-hydrogen) atoms. The highest BCUT2D eigenvalue weighted by Gasteiger charge is 2.35. The Labute approximate surface area is 318 Å². The summed E-state index contributed by atoms with van der Waals surface area (Å²) in [5, 5.41) is 5.13. The van der Waals surface area contributed by atoms with Crippen LogP contribution in [0.4, 0.5) is 17.1 Å². The van der Waals surface area contributed by atoms with Gasteiger partial charge in [-0.25, -0.2) is 0 Å². The molecule has 0 fully saturated rings. The third kappa shape index (κ3) is 4.58. The van der Waals surface area contributed by atoms with Gasteiger partial charge >= 0.3 is 0 Å². The molecule has 0 spiro atoms. The summed E-state index contributed by atoms with van der Waals surface area (Å²) in [6.45, 7) is 4.72. The lowest BCUT2D eigenvalue weighted by Crippen LogP contribution is -2.16. The standard InChI is InChI=1S/C51H36N2S/c1-51(2)45-20-9-6-15-39(45)40-29-27-37(32-46(40)51)52(35-25-23-33(24-26-35)38-18-12-19-43-42-17-8-11-22-49(42)54-50(38)43)36-28-30-48-44(31-36)41-16-7-10-21-47(41)53(48)34-13-4-3-5-14-34/h3-32H,1-2H3. The molecule has 8 aromatic carbocycles. The summed E-state index contributed by atoms with van der Waals surface area (Å²) in [7, 11) is 0. The molecule has 1 aliphatic rings. The van der Waals surface area contributed by atoms with Crippen molar-refractivity contribution in [3.63, 3.8) is 0 Å². The van der Waals surface area contributed by atoms with Crippen molar-refractivity contribution in [3.8, 4) is 27.9 Å². The summed E-state index contributed by atoms with van der Waals surface area (Å²) in [6.07, 6.45) is 0. The van der Waals surface area contributed by atoms with Crippen molar-refractivity contribution in [1.29, 1.82) is 0 Å². The number of thiophene rings is 1. The summed E-state index contributed by atoms with van der Waals surface area (Å²) in [6, 6.07) is 67.1. The zero-order chi connectivity index (χ0) is 36.0. The van der Waals surface area contributed by atoms with E-state index in [4.69, 9.17) is 0 Å². The van der Waals surface area contributed by atoms with Crippen LogP contribution in [0.25, 0.3) is 69.9 Å². The quantitative estimate of drug-likeness (QED) is 0.173. The Hall–Kier alpha value is -6.42. The van der Waals surface area contributed by atoms with Crippen LogP contribution in [0.1, 0.15) is 25.0 Å². The Kier molecular flexibility index (Phi) is 6.80. The van der Waals surface area contributed by atoms with E-state index in [2.05, 4.69) is 205 Å². The van der Waals surface area contributed by atoms with Crippen molar-refractivity contribution in [3.05, 3.63) is 193 Å². The summed E-state index contributed by atoms with van der Waals surface area (Å²) in [5.41, 5.74) is 14.8. The molecule has 0 unspecified atom stereocenters. The van der Waals surface area contributed by atoms with Gasteiger partial charge in [0, 0.05) is 59.1 Å². The molecule has 1 aliphatic carbocycles. The fourth-order valence-corrected chi connectivity index (χ4v) is 10.2. The highest BCUT2D eigenvalue weighted by molar-refractivity contribution is 7.26. The van der Waals surface area contributed by atoms with Gasteiger partial charge in [0.2, 0.25) is 0 Å². The van der Waals surface area contributed by atoms with Gasteiger partial charge in [-0.15, -0.1) is 11.3 Å². The van der Waals surface area contributed by atoms with E-state index >= 15 is 0 Å². The molecule has 0 atom stereocenters. The molecule has 0 N–H and O–H groups in total. The second kappa shape index (κ2) is 11.8. The minimum atomic E-state index is -0.104. The third-order valence-electron chi connectivity index (χ3n) is 11.6. The Morgan fingerprint density at radius 1 is 0.444 bits per heavy atom. The summed E-state index contributed by atoms with van der Waals surface area (Å²) in [5.74, 6) is 0. The highest BCUT2D eigenvalue weighted by atomic mass is 32.1. The number of anilines is 3. The third-order valence-corrected chi connectivity index (χ3v) is 12.8. The van der Waals surface area contributed by atoms with E-state index in [0.29, 0.717) is 0 Å². The Bertz CT molecular complexity index is 3070. The summed E-state index contributed by atoms with van der Waals surface area (Å²) in [4.78, 5) is 2.44. The molecular weight excluding hydrogens is 673 g/mol. The van der Waals surface area contributed by atoms with Gasteiger partial charge in [-0.2, -0.15) is 0 Å². The number of nitrogens with zero attached hydrogens (tertiary/aromatic N) is 2. The number of benzene rings is 8. The SMILES string of the molecule is CC1(C)c2ccccc2-c2ccc(N(c3ccc(-c4cccc5c4sc4ccccc45)cc3)c3ccc4c(c3)c3ccccc3n4-c3ccccc3)cc21. The van der Waals surface area contributed by atoms with E-state index in [1.807, 2.05) is 11.3 Å². The molecule has 0 aliphatic heterocycles. The molecule has 0 bridgehead atoms. The monoisotopic (exact) mass is 708 g/mol. The van der Waals surface area contributed by atoms with Gasteiger partial charge in [0.15, 0.2) is 0 Å². The number of rotatable bonds is 5. The van der Waals surface area contributed by atoms with E-state index in [1.54, 1.807) is 0 Å². The van der Waals surface area contributed by atoms with Crippen molar-refractivity contribution < 1.29 is 0 Å². The lowest BCUT2D eigenvalue weighted by molar-refractivity contribution is 0.660. The van der Waals surface area contributed by atoms with Crippen molar-refractivity contribution in [1.82, 2.24) is 4.57 Å². The Balaban J connectivity index is 1.10. The first-order chi connectivity index (χ1) is 26.5. The molecule has 256 valence electrons. The van der Waals surface area contributed by atoms with Crippen molar-refractivity contribution >= 4 is 70.4 Å². The summed E-state index contributed by atoms with van der Waals surface area (Å²) < 4.78 is 5.05. The maximum Gasteiger partial charge on any atom is 0.0542 e. The van der Waals surface area contributed by atoms with E-state index in [9.17, 15) is 0 Å².